The molecule has 8 heteroatoms. The van der Waals surface area contributed by atoms with E-state index in [0.717, 1.165) is 59.9 Å². The van der Waals surface area contributed by atoms with Gasteiger partial charge in [-0.1, -0.05) is 11.8 Å². The molecule has 1 saturated heterocycles. The van der Waals surface area contributed by atoms with Crippen LogP contribution in [0.1, 0.15) is 18.7 Å². The molecule has 3 aromatic rings. The number of aryl methyl sites for hydroxylation is 1. The van der Waals surface area contributed by atoms with Crippen molar-refractivity contribution in [1.82, 2.24) is 24.3 Å². The molecule has 3 heterocycles. The van der Waals surface area contributed by atoms with Gasteiger partial charge in [0.25, 0.3) is 0 Å². The molecule has 0 spiro atoms. The molecular weight excluding hydrogens is 362 g/mol. The predicted molar refractivity (Wildman–Crippen MR) is 104 cm³/mol. The highest BCUT2D eigenvalue weighted by molar-refractivity contribution is 7.98. The zero-order valence-electron chi connectivity index (χ0n) is 15.5. The SMILES string of the molecule is COc1ccc(-c2nnc(SCc3nccn3C)n2CC2CCCO2)cc1. The van der Waals surface area contributed by atoms with E-state index in [1.165, 1.54) is 0 Å². The maximum absolute atomic E-state index is 5.86. The average molecular weight is 385 g/mol. The molecule has 1 unspecified atom stereocenters. The fourth-order valence-corrected chi connectivity index (χ4v) is 4.12. The Balaban J connectivity index is 1.61. The lowest BCUT2D eigenvalue weighted by molar-refractivity contribution is 0.0953. The molecule has 0 aliphatic carbocycles. The van der Waals surface area contributed by atoms with Gasteiger partial charge in [0.15, 0.2) is 11.0 Å². The summed E-state index contributed by atoms with van der Waals surface area (Å²) in [5, 5.41) is 9.82. The van der Waals surface area contributed by atoms with E-state index < -0.39 is 0 Å². The van der Waals surface area contributed by atoms with Crippen LogP contribution in [-0.2, 0) is 24.1 Å². The van der Waals surface area contributed by atoms with E-state index in [4.69, 9.17) is 9.47 Å². The Labute approximate surface area is 162 Å². The van der Waals surface area contributed by atoms with Crippen LogP contribution < -0.4 is 4.74 Å². The first-order valence-electron chi connectivity index (χ1n) is 9.03. The molecule has 0 amide bonds. The topological polar surface area (TPSA) is 67.0 Å². The van der Waals surface area contributed by atoms with Crippen LogP contribution in [-0.4, -0.2) is 44.1 Å². The summed E-state index contributed by atoms with van der Waals surface area (Å²) >= 11 is 1.65. The molecule has 1 fully saturated rings. The third-order valence-electron chi connectivity index (χ3n) is 4.73. The number of imidazole rings is 1. The van der Waals surface area contributed by atoms with Crippen molar-refractivity contribution in [2.24, 2.45) is 7.05 Å². The number of ether oxygens (including phenoxy) is 2. The van der Waals surface area contributed by atoms with E-state index in [0.29, 0.717) is 0 Å². The maximum atomic E-state index is 5.86. The van der Waals surface area contributed by atoms with Gasteiger partial charge in [0.1, 0.15) is 11.6 Å². The van der Waals surface area contributed by atoms with Crippen molar-refractivity contribution in [1.29, 1.82) is 0 Å². The molecular formula is C19H23N5O2S. The third-order valence-corrected chi connectivity index (χ3v) is 5.69. The molecule has 0 radical (unpaired) electrons. The standard InChI is InChI=1S/C19H23N5O2S/c1-23-10-9-20-17(23)13-27-19-22-21-18(14-5-7-15(25-2)8-6-14)24(19)12-16-4-3-11-26-16/h5-10,16H,3-4,11-13H2,1-2H3. The Kier molecular flexibility index (Phi) is 5.45. The van der Waals surface area contributed by atoms with Crippen molar-refractivity contribution in [3.63, 3.8) is 0 Å². The van der Waals surface area contributed by atoms with Gasteiger partial charge in [-0.05, 0) is 37.1 Å². The molecule has 0 N–H and O–H groups in total. The number of hydrogen-bond acceptors (Lipinski definition) is 6. The Hall–Kier alpha value is -2.32. The van der Waals surface area contributed by atoms with Crippen molar-refractivity contribution >= 4 is 11.8 Å². The molecule has 27 heavy (non-hydrogen) atoms. The quantitative estimate of drug-likeness (QED) is 0.582. The second kappa shape index (κ2) is 8.14. The normalized spacial score (nSPS) is 16.7. The lowest BCUT2D eigenvalue weighted by atomic mass is 10.2. The largest absolute Gasteiger partial charge is 0.497 e. The van der Waals surface area contributed by atoms with Gasteiger partial charge in [0.2, 0.25) is 0 Å². The molecule has 1 atom stereocenters. The van der Waals surface area contributed by atoms with E-state index >= 15 is 0 Å². The van der Waals surface area contributed by atoms with Crippen LogP contribution in [0.2, 0.25) is 0 Å². The predicted octanol–water partition coefficient (Wildman–Crippen LogP) is 3.16. The minimum Gasteiger partial charge on any atom is -0.497 e. The van der Waals surface area contributed by atoms with Crippen molar-refractivity contribution in [2.75, 3.05) is 13.7 Å². The van der Waals surface area contributed by atoms with Gasteiger partial charge in [0, 0.05) is 31.6 Å². The van der Waals surface area contributed by atoms with Gasteiger partial charge < -0.3 is 14.0 Å². The van der Waals surface area contributed by atoms with Crippen LogP contribution in [0, 0.1) is 0 Å². The molecule has 1 aliphatic rings. The molecule has 2 aromatic heterocycles. The Morgan fingerprint density at radius 2 is 2.11 bits per heavy atom. The summed E-state index contributed by atoms with van der Waals surface area (Å²) in [5.74, 6) is 3.44. The number of nitrogens with zero attached hydrogens (tertiary/aromatic N) is 5. The van der Waals surface area contributed by atoms with E-state index in [1.54, 1.807) is 18.9 Å². The summed E-state index contributed by atoms with van der Waals surface area (Å²) in [6, 6.07) is 7.92. The second-order valence-corrected chi connectivity index (χ2v) is 7.47. The Morgan fingerprint density at radius 3 is 2.78 bits per heavy atom. The summed E-state index contributed by atoms with van der Waals surface area (Å²) in [5.41, 5.74) is 1.02. The summed E-state index contributed by atoms with van der Waals surface area (Å²) in [4.78, 5) is 4.39. The van der Waals surface area contributed by atoms with Gasteiger partial charge in [-0.2, -0.15) is 0 Å². The number of benzene rings is 1. The third kappa shape index (κ3) is 4.01. The van der Waals surface area contributed by atoms with Gasteiger partial charge in [-0.3, -0.25) is 4.57 Å². The van der Waals surface area contributed by atoms with Crippen molar-refractivity contribution in [3.05, 3.63) is 42.5 Å². The number of rotatable bonds is 7. The molecule has 4 rings (SSSR count). The molecule has 142 valence electrons. The smallest absolute Gasteiger partial charge is 0.192 e. The maximum Gasteiger partial charge on any atom is 0.192 e. The van der Waals surface area contributed by atoms with Crippen LogP contribution >= 0.6 is 11.8 Å². The highest BCUT2D eigenvalue weighted by Gasteiger charge is 2.22. The van der Waals surface area contributed by atoms with E-state index in [1.807, 2.05) is 48.3 Å². The first kappa shape index (κ1) is 18.1. The van der Waals surface area contributed by atoms with Gasteiger partial charge in [-0.25, -0.2) is 4.98 Å². The summed E-state index contributed by atoms with van der Waals surface area (Å²) < 4.78 is 15.3. The van der Waals surface area contributed by atoms with Crippen molar-refractivity contribution in [3.8, 4) is 17.1 Å². The van der Waals surface area contributed by atoms with Crippen LogP contribution in [0.5, 0.6) is 5.75 Å². The van der Waals surface area contributed by atoms with Gasteiger partial charge in [-0.15, -0.1) is 10.2 Å². The minimum absolute atomic E-state index is 0.213. The summed E-state index contributed by atoms with van der Waals surface area (Å²) in [6.45, 7) is 1.59. The monoisotopic (exact) mass is 385 g/mol. The number of aromatic nitrogens is 5. The molecule has 0 saturated carbocycles. The highest BCUT2D eigenvalue weighted by atomic mass is 32.2. The molecule has 7 nitrogen and oxygen atoms in total. The molecule has 1 aromatic carbocycles. The number of hydrogen-bond donors (Lipinski definition) is 0. The average Bonchev–Trinajstić information content (AvgIpc) is 3.43. The molecule has 0 bridgehead atoms. The summed E-state index contributed by atoms with van der Waals surface area (Å²) in [7, 11) is 3.67. The summed E-state index contributed by atoms with van der Waals surface area (Å²) in [6.07, 6.45) is 6.17. The lowest BCUT2D eigenvalue weighted by Crippen LogP contribution is -2.16. The first-order chi connectivity index (χ1) is 13.2. The van der Waals surface area contributed by atoms with Crippen molar-refractivity contribution in [2.45, 2.75) is 36.4 Å². The highest BCUT2D eigenvalue weighted by Crippen LogP contribution is 2.29. The Morgan fingerprint density at radius 1 is 1.26 bits per heavy atom. The van der Waals surface area contributed by atoms with Crippen LogP contribution in [0.4, 0.5) is 0 Å². The zero-order valence-corrected chi connectivity index (χ0v) is 16.4. The van der Waals surface area contributed by atoms with Crippen molar-refractivity contribution < 1.29 is 9.47 Å². The van der Waals surface area contributed by atoms with Gasteiger partial charge in [0.05, 0.1) is 25.5 Å². The Bertz CT molecular complexity index is 884. The second-order valence-electron chi connectivity index (χ2n) is 6.52. The van der Waals surface area contributed by atoms with Crippen LogP contribution in [0.25, 0.3) is 11.4 Å². The fraction of sp³-hybridized carbons (Fsp3) is 0.421. The van der Waals surface area contributed by atoms with Crippen LogP contribution in [0.15, 0.2) is 41.8 Å². The van der Waals surface area contributed by atoms with E-state index in [-0.39, 0.29) is 6.10 Å². The first-order valence-corrected chi connectivity index (χ1v) is 10.0. The number of methoxy groups -OCH3 is 1. The molecule has 1 aliphatic heterocycles. The van der Waals surface area contributed by atoms with E-state index in [2.05, 4.69) is 19.7 Å². The number of thioether (sulfide) groups is 1. The van der Waals surface area contributed by atoms with Gasteiger partial charge >= 0.3 is 0 Å². The lowest BCUT2D eigenvalue weighted by Gasteiger charge is -2.15. The minimum atomic E-state index is 0.213. The zero-order chi connectivity index (χ0) is 18.6. The van der Waals surface area contributed by atoms with Crippen LogP contribution in [0.3, 0.4) is 0 Å². The fourth-order valence-electron chi connectivity index (χ4n) is 3.17. The van der Waals surface area contributed by atoms with E-state index in [9.17, 15) is 0 Å².